The summed E-state index contributed by atoms with van der Waals surface area (Å²) < 4.78 is 18.8. The Bertz CT molecular complexity index is 510. The standard InChI is InChI=1S/C15H17FO3/c1-3-14(17)10-6-5-9(7-13(10)16)11-8-12(11)15(18)19-4-2/h5-7,11-12H,3-4,8H2,1-2H3/t11-,12+/m1/s1. The van der Waals surface area contributed by atoms with Crippen LogP contribution in [0.4, 0.5) is 4.39 Å². The second kappa shape index (κ2) is 5.51. The Balaban J connectivity index is 2.10. The molecular formula is C15H17FO3. The van der Waals surface area contributed by atoms with Crippen LogP contribution in [-0.2, 0) is 9.53 Å². The van der Waals surface area contributed by atoms with Crippen molar-refractivity contribution >= 4 is 11.8 Å². The molecule has 1 aliphatic rings. The molecule has 0 N–H and O–H groups in total. The molecule has 1 aliphatic carbocycles. The molecule has 1 aromatic rings. The van der Waals surface area contributed by atoms with Gasteiger partial charge in [-0.3, -0.25) is 9.59 Å². The molecule has 0 bridgehead atoms. The van der Waals surface area contributed by atoms with Crippen molar-refractivity contribution in [1.82, 2.24) is 0 Å². The minimum absolute atomic E-state index is 0.0272. The predicted octanol–water partition coefficient (Wildman–Crippen LogP) is 3.09. The quantitative estimate of drug-likeness (QED) is 0.606. The zero-order chi connectivity index (χ0) is 14.0. The molecule has 4 heteroatoms. The van der Waals surface area contributed by atoms with Gasteiger partial charge in [0.1, 0.15) is 5.82 Å². The van der Waals surface area contributed by atoms with Crippen molar-refractivity contribution in [1.29, 1.82) is 0 Å². The molecule has 1 fully saturated rings. The van der Waals surface area contributed by atoms with Gasteiger partial charge in [0.2, 0.25) is 0 Å². The molecule has 102 valence electrons. The Labute approximate surface area is 111 Å². The van der Waals surface area contributed by atoms with Crippen molar-refractivity contribution in [2.45, 2.75) is 32.6 Å². The number of carbonyl (C=O) groups is 2. The van der Waals surface area contributed by atoms with E-state index in [9.17, 15) is 14.0 Å². The van der Waals surface area contributed by atoms with Gasteiger partial charge in [-0.1, -0.05) is 13.0 Å². The third-order valence-electron chi connectivity index (χ3n) is 3.42. The fraction of sp³-hybridized carbons (Fsp3) is 0.467. The predicted molar refractivity (Wildman–Crippen MR) is 68.5 cm³/mol. The van der Waals surface area contributed by atoms with E-state index in [0.29, 0.717) is 13.0 Å². The molecule has 1 aromatic carbocycles. The highest BCUT2D eigenvalue weighted by molar-refractivity contribution is 5.96. The van der Waals surface area contributed by atoms with Gasteiger partial charge in [0.25, 0.3) is 0 Å². The minimum Gasteiger partial charge on any atom is -0.466 e. The minimum atomic E-state index is -0.501. The van der Waals surface area contributed by atoms with Gasteiger partial charge in [-0.15, -0.1) is 0 Å². The zero-order valence-corrected chi connectivity index (χ0v) is 11.1. The lowest BCUT2D eigenvalue weighted by Gasteiger charge is -2.05. The molecule has 0 radical (unpaired) electrons. The summed E-state index contributed by atoms with van der Waals surface area (Å²) in [5.41, 5.74) is 0.891. The van der Waals surface area contributed by atoms with Crippen LogP contribution in [0.15, 0.2) is 18.2 Å². The molecule has 0 heterocycles. The van der Waals surface area contributed by atoms with E-state index < -0.39 is 5.82 Å². The van der Waals surface area contributed by atoms with Crippen molar-refractivity contribution in [2.24, 2.45) is 5.92 Å². The number of Topliss-reactive ketones (excluding diaryl/α,β-unsaturated/α-hetero) is 1. The van der Waals surface area contributed by atoms with Crippen LogP contribution in [0.2, 0.25) is 0 Å². The van der Waals surface area contributed by atoms with Crippen molar-refractivity contribution in [3.8, 4) is 0 Å². The van der Waals surface area contributed by atoms with Crippen LogP contribution in [0.3, 0.4) is 0 Å². The Kier molecular flexibility index (Phi) is 3.98. The summed E-state index contributed by atoms with van der Waals surface area (Å²) in [5.74, 6) is -1.06. The molecule has 3 nitrogen and oxygen atoms in total. The normalized spacial score (nSPS) is 21.0. The smallest absolute Gasteiger partial charge is 0.309 e. The summed E-state index contributed by atoms with van der Waals surface area (Å²) in [6.45, 7) is 3.83. The maximum Gasteiger partial charge on any atom is 0.309 e. The lowest BCUT2D eigenvalue weighted by atomic mass is 10.0. The van der Waals surface area contributed by atoms with E-state index in [0.717, 1.165) is 5.56 Å². The van der Waals surface area contributed by atoms with E-state index in [1.807, 2.05) is 0 Å². The Morgan fingerprint density at radius 2 is 2.11 bits per heavy atom. The van der Waals surface area contributed by atoms with Crippen LogP contribution in [0, 0.1) is 11.7 Å². The Morgan fingerprint density at radius 3 is 2.68 bits per heavy atom. The number of ketones is 1. The van der Waals surface area contributed by atoms with Crippen LogP contribution < -0.4 is 0 Å². The van der Waals surface area contributed by atoms with Gasteiger partial charge in [0.15, 0.2) is 5.78 Å². The average Bonchev–Trinajstić information content (AvgIpc) is 3.18. The fourth-order valence-corrected chi connectivity index (χ4v) is 2.25. The summed E-state index contributed by atoms with van der Waals surface area (Å²) in [7, 11) is 0. The third kappa shape index (κ3) is 2.83. The van der Waals surface area contributed by atoms with Crippen molar-refractivity contribution in [3.05, 3.63) is 35.1 Å². The maximum absolute atomic E-state index is 13.8. The third-order valence-corrected chi connectivity index (χ3v) is 3.42. The van der Waals surface area contributed by atoms with Crippen molar-refractivity contribution < 1.29 is 18.7 Å². The van der Waals surface area contributed by atoms with Crippen LogP contribution in [0.25, 0.3) is 0 Å². The molecule has 0 aliphatic heterocycles. The molecule has 2 rings (SSSR count). The number of ether oxygens (including phenoxy) is 1. The number of hydrogen-bond acceptors (Lipinski definition) is 3. The van der Waals surface area contributed by atoms with Crippen molar-refractivity contribution in [2.75, 3.05) is 6.61 Å². The van der Waals surface area contributed by atoms with Crippen molar-refractivity contribution in [3.63, 3.8) is 0 Å². The van der Waals surface area contributed by atoms with E-state index in [1.54, 1.807) is 19.9 Å². The topological polar surface area (TPSA) is 43.4 Å². The number of benzene rings is 1. The van der Waals surface area contributed by atoms with E-state index in [2.05, 4.69) is 0 Å². The number of hydrogen-bond donors (Lipinski definition) is 0. The first kappa shape index (κ1) is 13.7. The molecular weight excluding hydrogens is 247 g/mol. The van der Waals surface area contributed by atoms with Gasteiger partial charge in [0.05, 0.1) is 18.1 Å². The summed E-state index contributed by atoms with van der Waals surface area (Å²) in [4.78, 5) is 23.0. The highest BCUT2D eigenvalue weighted by Crippen LogP contribution is 2.48. The highest BCUT2D eigenvalue weighted by atomic mass is 19.1. The first-order valence-corrected chi connectivity index (χ1v) is 6.57. The molecule has 0 saturated heterocycles. The van der Waals surface area contributed by atoms with Gasteiger partial charge in [-0.05, 0) is 37.0 Å². The average molecular weight is 264 g/mol. The van der Waals surface area contributed by atoms with Gasteiger partial charge in [-0.2, -0.15) is 0 Å². The molecule has 0 spiro atoms. The van der Waals surface area contributed by atoms with Crippen LogP contribution in [0.1, 0.15) is 48.5 Å². The van der Waals surface area contributed by atoms with Gasteiger partial charge >= 0.3 is 5.97 Å². The van der Waals surface area contributed by atoms with E-state index in [1.165, 1.54) is 12.1 Å². The van der Waals surface area contributed by atoms with Gasteiger partial charge in [-0.25, -0.2) is 4.39 Å². The summed E-state index contributed by atoms with van der Waals surface area (Å²) in [6, 6.07) is 4.61. The number of esters is 1. The van der Waals surface area contributed by atoms with Gasteiger partial charge < -0.3 is 4.74 Å². The maximum atomic E-state index is 13.8. The molecule has 2 atom stereocenters. The molecule has 0 amide bonds. The number of carbonyl (C=O) groups excluding carboxylic acids is 2. The Hall–Kier alpha value is -1.71. The number of halogens is 1. The second-order valence-corrected chi connectivity index (χ2v) is 4.72. The van der Waals surface area contributed by atoms with Gasteiger partial charge in [0, 0.05) is 6.42 Å². The monoisotopic (exact) mass is 264 g/mol. The van der Waals surface area contributed by atoms with E-state index >= 15 is 0 Å². The van der Waals surface area contributed by atoms with E-state index in [4.69, 9.17) is 4.74 Å². The summed E-state index contributed by atoms with van der Waals surface area (Å²) >= 11 is 0. The fourth-order valence-electron chi connectivity index (χ4n) is 2.25. The molecule has 19 heavy (non-hydrogen) atoms. The summed E-state index contributed by atoms with van der Waals surface area (Å²) in [5, 5.41) is 0. The highest BCUT2D eigenvalue weighted by Gasteiger charge is 2.45. The first-order chi connectivity index (χ1) is 9.08. The summed E-state index contributed by atoms with van der Waals surface area (Å²) in [6.07, 6.45) is 0.977. The van der Waals surface area contributed by atoms with Crippen LogP contribution in [-0.4, -0.2) is 18.4 Å². The first-order valence-electron chi connectivity index (χ1n) is 6.57. The zero-order valence-electron chi connectivity index (χ0n) is 11.1. The largest absolute Gasteiger partial charge is 0.466 e. The molecule has 0 aromatic heterocycles. The number of rotatable bonds is 5. The van der Waals surface area contributed by atoms with Crippen LogP contribution >= 0.6 is 0 Å². The van der Waals surface area contributed by atoms with Crippen LogP contribution in [0.5, 0.6) is 0 Å². The van der Waals surface area contributed by atoms with E-state index in [-0.39, 0.29) is 35.6 Å². The molecule has 1 saturated carbocycles. The second-order valence-electron chi connectivity index (χ2n) is 4.72. The Morgan fingerprint density at radius 1 is 1.37 bits per heavy atom. The lowest BCUT2D eigenvalue weighted by molar-refractivity contribution is -0.144. The molecule has 0 unspecified atom stereocenters. The SMILES string of the molecule is CCOC(=O)[C@H]1C[C@@H]1c1ccc(C(=O)CC)c(F)c1. The lowest BCUT2D eigenvalue weighted by Crippen LogP contribution is -2.07.